The molecule has 2 N–H and O–H groups in total. The second-order valence-corrected chi connectivity index (χ2v) is 6.61. The number of hydrogen-bond donors (Lipinski definition) is 2. The van der Waals surface area contributed by atoms with Crippen molar-refractivity contribution in [3.8, 4) is 0 Å². The maximum absolute atomic E-state index is 11.9. The topological polar surface area (TPSA) is 69.2 Å². The van der Waals surface area contributed by atoms with Gasteiger partial charge in [0.25, 0.3) is 0 Å². The van der Waals surface area contributed by atoms with Crippen LogP contribution in [-0.2, 0) is 9.53 Å². The maximum Gasteiger partial charge on any atom is 0.241 e. The second-order valence-electron chi connectivity index (χ2n) is 6.61. The van der Waals surface area contributed by atoms with Gasteiger partial charge in [-0.1, -0.05) is 42.5 Å². The average Bonchev–Trinajstić information content (AvgIpc) is 2.73. The SMILES string of the molecule is CCNC(=NCC(=O)NCCOC)N1CCN(C/C=C/c2ccccc2)CC1. The third-order valence-corrected chi connectivity index (χ3v) is 4.48. The van der Waals surface area contributed by atoms with Crippen molar-refractivity contribution in [1.29, 1.82) is 0 Å². The predicted octanol–water partition coefficient (Wildman–Crippen LogP) is 1.05. The first kappa shape index (κ1) is 21.9. The van der Waals surface area contributed by atoms with E-state index >= 15 is 0 Å². The highest BCUT2D eigenvalue weighted by atomic mass is 16.5. The Morgan fingerprint density at radius 3 is 2.61 bits per heavy atom. The lowest BCUT2D eigenvalue weighted by molar-refractivity contribution is -0.119. The van der Waals surface area contributed by atoms with Crippen molar-refractivity contribution < 1.29 is 9.53 Å². The van der Waals surface area contributed by atoms with Crippen LogP contribution in [0.1, 0.15) is 12.5 Å². The van der Waals surface area contributed by atoms with E-state index < -0.39 is 0 Å². The summed E-state index contributed by atoms with van der Waals surface area (Å²) in [5.41, 5.74) is 1.23. The first-order valence-corrected chi connectivity index (χ1v) is 9.95. The molecular formula is C21H33N5O2. The Labute approximate surface area is 168 Å². The van der Waals surface area contributed by atoms with E-state index in [9.17, 15) is 4.79 Å². The Hall–Kier alpha value is -2.38. The van der Waals surface area contributed by atoms with Crippen LogP contribution in [0, 0.1) is 0 Å². The summed E-state index contributed by atoms with van der Waals surface area (Å²) in [5.74, 6) is 0.723. The van der Waals surface area contributed by atoms with Crippen LogP contribution in [-0.4, -0.2) is 87.7 Å². The molecule has 0 atom stereocenters. The molecule has 1 aromatic rings. The van der Waals surface area contributed by atoms with Gasteiger partial charge in [0.15, 0.2) is 5.96 Å². The molecule has 7 heteroatoms. The molecule has 0 spiro atoms. The summed E-state index contributed by atoms with van der Waals surface area (Å²) < 4.78 is 4.93. The van der Waals surface area contributed by atoms with Crippen LogP contribution in [0.25, 0.3) is 6.08 Å². The van der Waals surface area contributed by atoms with Crippen molar-refractivity contribution in [3.63, 3.8) is 0 Å². The number of piperazine rings is 1. The highest BCUT2D eigenvalue weighted by molar-refractivity contribution is 5.85. The number of guanidine groups is 1. The number of nitrogens with zero attached hydrogens (tertiary/aromatic N) is 3. The van der Waals surface area contributed by atoms with Crippen LogP contribution in [0.15, 0.2) is 41.4 Å². The quantitative estimate of drug-likeness (QED) is 0.377. The zero-order chi connectivity index (χ0) is 20.0. The number of amides is 1. The molecule has 0 unspecified atom stereocenters. The third-order valence-electron chi connectivity index (χ3n) is 4.48. The standard InChI is InChI=1S/C21H33N5O2/c1-3-22-21(24-18-20(27)23-11-17-28-2)26-15-13-25(14-16-26)12-7-10-19-8-5-4-6-9-19/h4-10H,3,11-18H2,1-2H3,(H,22,24)(H,23,27)/b10-7+. The summed E-state index contributed by atoms with van der Waals surface area (Å²) in [7, 11) is 1.62. The summed E-state index contributed by atoms with van der Waals surface area (Å²) in [5, 5.41) is 6.09. The molecule has 0 aliphatic carbocycles. The number of methoxy groups -OCH3 is 1. The second kappa shape index (κ2) is 12.9. The summed E-state index contributed by atoms with van der Waals surface area (Å²) in [4.78, 5) is 21.0. The molecule has 7 nitrogen and oxygen atoms in total. The van der Waals surface area contributed by atoms with Crippen LogP contribution in [0.5, 0.6) is 0 Å². The van der Waals surface area contributed by atoms with Crippen molar-refractivity contribution >= 4 is 17.9 Å². The predicted molar refractivity (Wildman–Crippen MR) is 114 cm³/mol. The highest BCUT2D eigenvalue weighted by Crippen LogP contribution is 2.05. The number of carbonyl (C=O) groups excluding carboxylic acids is 1. The Balaban J connectivity index is 1.77. The van der Waals surface area contributed by atoms with Gasteiger partial charge >= 0.3 is 0 Å². The normalized spacial score (nSPS) is 15.8. The van der Waals surface area contributed by atoms with Gasteiger partial charge < -0.3 is 20.3 Å². The monoisotopic (exact) mass is 387 g/mol. The Morgan fingerprint density at radius 1 is 1.18 bits per heavy atom. The summed E-state index contributed by atoms with van der Waals surface area (Å²) >= 11 is 0. The van der Waals surface area contributed by atoms with Gasteiger partial charge in [-0.3, -0.25) is 9.69 Å². The van der Waals surface area contributed by atoms with Gasteiger partial charge in [0.1, 0.15) is 6.54 Å². The minimum Gasteiger partial charge on any atom is -0.383 e. The molecule has 1 fully saturated rings. The van der Waals surface area contributed by atoms with Crippen LogP contribution < -0.4 is 10.6 Å². The molecule has 154 valence electrons. The number of rotatable bonds is 9. The molecule has 1 amide bonds. The fourth-order valence-electron chi connectivity index (χ4n) is 2.97. The van der Waals surface area contributed by atoms with Gasteiger partial charge in [-0.2, -0.15) is 0 Å². The fraction of sp³-hybridized carbons (Fsp3) is 0.524. The maximum atomic E-state index is 11.9. The van der Waals surface area contributed by atoms with Gasteiger partial charge in [0, 0.05) is 52.9 Å². The molecule has 2 rings (SSSR count). The number of nitrogens with one attached hydrogen (secondary N) is 2. The zero-order valence-corrected chi connectivity index (χ0v) is 17.1. The van der Waals surface area contributed by atoms with Crippen LogP contribution >= 0.6 is 0 Å². The summed E-state index contributed by atoms with van der Waals surface area (Å²) in [6.07, 6.45) is 4.38. The highest BCUT2D eigenvalue weighted by Gasteiger charge is 2.18. The number of hydrogen-bond acceptors (Lipinski definition) is 4. The minimum atomic E-state index is -0.0860. The lowest BCUT2D eigenvalue weighted by Crippen LogP contribution is -2.52. The molecule has 1 aromatic carbocycles. The number of benzene rings is 1. The first-order valence-electron chi connectivity index (χ1n) is 9.95. The molecule has 0 aromatic heterocycles. The molecule has 1 aliphatic heterocycles. The van der Waals surface area contributed by atoms with E-state index in [-0.39, 0.29) is 12.5 Å². The number of aliphatic imine (C=N–C) groups is 1. The molecule has 1 saturated heterocycles. The van der Waals surface area contributed by atoms with E-state index in [2.05, 4.69) is 61.8 Å². The summed E-state index contributed by atoms with van der Waals surface area (Å²) in [6.45, 7) is 8.67. The lowest BCUT2D eigenvalue weighted by atomic mass is 10.2. The molecule has 0 radical (unpaired) electrons. The van der Waals surface area contributed by atoms with E-state index in [1.54, 1.807) is 7.11 Å². The van der Waals surface area contributed by atoms with Gasteiger partial charge in [0.05, 0.1) is 6.61 Å². The van der Waals surface area contributed by atoms with Crippen molar-refractivity contribution in [1.82, 2.24) is 20.4 Å². The summed E-state index contributed by atoms with van der Waals surface area (Å²) in [6, 6.07) is 10.4. The molecule has 1 aliphatic rings. The minimum absolute atomic E-state index is 0.0860. The lowest BCUT2D eigenvalue weighted by Gasteiger charge is -2.36. The fourth-order valence-corrected chi connectivity index (χ4v) is 2.97. The van der Waals surface area contributed by atoms with E-state index in [4.69, 9.17) is 4.74 Å². The van der Waals surface area contributed by atoms with Crippen molar-refractivity contribution in [3.05, 3.63) is 42.0 Å². The Bertz CT molecular complexity index is 625. The zero-order valence-electron chi connectivity index (χ0n) is 17.1. The van der Waals surface area contributed by atoms with Crippen LogP contribution in [0.3, 0.4) is 0 Å². The van der Waals surface area contributed by atoms with Crippen molar-refractivity contribution in [2.24, 2.45) is 4.99 Å². The molecule has 28 heavy (non-hydrogen) atoms. The molecule has 0 bridgehead atoms. The van der Waals surface area contributed by atoms with E-state index in [1.807, 2.05) is 13.0 Å². The number of ether oxygens (including phenoxy) is 1. The van der Waals surface area contributed by atoms with Crippen LogP contribution in [0.2, 0.25) is 0 Å². The third kappa shape index (κ3) is 8.10. The van der Waals surface area contributed by atoms with E-state index in [0.29, 0.717) is 13.2 Å². The van der Waals surface area contributed by atoms with Crippen LogP contribution in [0.4, 0.5) is 0 Å². The number of carbonyl (C=O) groups is 1. The average molecular weight is 388 g/mol. The van der Waals surface area contributed by atoms with Gasteiger partial charge in [-0.15, -0.1) is 0 Å². The van der Waals surface area contributed by atoms with Gasteiger partial charge in [-0.25, -0.2) is 4.99 Å². The first-order chi connectivity index (χ1) is 13.7. The van der Waals surface area contributed by atoms with Gasteiger partial charge in [-0.05, 0) is 12.5 Å². The van der Waals surface area contributed by atoms with Crippen molar-refractivity contribution in [2.75, 3.05) is 66.1 Å². The van der Waals surface area contributed by atoms with E-state index in [0.717, 1.165) is 45.2 Å². The molecular weight excluding hydrogens is 354 g/mol. The Morgan fingerprint density at radius 2 is 1.93 bits per heavy atom. The molecule has 1 heterocycles. The van der Waals surface area contributed by atoms with Crippen molar-refractivity contribution in [2.45, 2.75) is 6.92 Å². The Kier molecular flexibility index (Phi) is 10.1. The largest absolute Gasteiger partial charge is 0.383 e. The molecule has 0 saturated carbocycles. The van der Waals surface area contributed by atoms with E-state index in [1.165, 1.54) is 5.56 Å². The smallest absolute Gasteiger partial charge is 0.241 e. The van der Waals surface area contributed by atoms with Gasteiger partial charge in [0.2, 0.25) is 5.91 Å².